The van der Waals surface area contributed by atoms with Gasteiger partial charge in [-0.1, -0.05) is 17.7 Å². The largest absolute Gasteiger partial charge is 0.324 e. The zero-order valence-electron chi connectivity index (χ0n) is 11.8. The molecule has 7 nitrogen and oxygen atoms in total. The highest BCUT2D eigenvalue weighted by Gasteiger charge is 2.32. The van der Waals surface area contributed by atoms with Crippen molar-refractivity contribution >= 4 is 23.5 Å². The molecule has 0 radical (unpaired) electrons. The van der Waals surface area contributed by atoms with Crippen molar-refractivity contribution in [3.8, 4) is 0 Å². The van der Waals surface area contributed by atoms with Crippen LogP contribution in [0.4, 0.5) is 11.6 Å². The molecule has 1 aliphatic rings. The number of hydrogen-bond donors (Lipinski definition) is 2. The first kappa shape index (κ1) is 13.3. The van der Waals surface area contributed by atoms with Gasteiger partial charge in [-0.15, -0.1) is 0 Å². The smallest absolute Gasteiger partial charge is 0.249 e. The molecule has 108 valence electrons. The molecule has 7 heteroatoms. The normalized spacial score (nSPS) is 17.0. The Balaban J connectivity index is 1.84. The van der Waals surface area contributed by atoms with Crippen LogP contribution in [0.5, 0.6) is 0 Å². The molecule has 0 saturated carbocycles. The maximum atomic E-state index is 12.4. The van der Waals surface area contributed by atoms with Crippen LogP contribution in [-0.2, 0) is 9.59 Å². The number of nitrogens with one attached hydrogen (secondary N) is 2. The summed E-state index contributed by atoms with van der Waals surface area (Å²) in [6, 6.07) is 6.78. The summed E-state index contributed by atoms with van der Waals surface area (Å²) in [5.74, 6) is 0.312. The molecule has 0 aliphatic carbocycles. The average molecular weight is 285 g/mol. The molecule has 1 aliphatic heterocycles. The Morgan fingerprint density at radius 1 is 1.33 bits per heavy atom. The van der Waals surface area contributed by atoms with Gasteiger partial charge in [-0.3, -0.25) is 14.9 Å². The van der Waals surface area contributed by atoms with E-state index in [1.54, 1.807) is 6.92 Å². The Hall–Kier alpha value is -2.70. The number of amides is 2. The Kier molecular flexibility index (Phi) is 3.17. The number of carbonyl (C=O) groups is 2. The topological polar surface area (TPSA) is 88.9 Å². The van der Waals surface area contributed by atoms with Crippen LogP contribution in [0.15, 0.2) is 24.3 Å². The van der Waals surface area contributed by atoms with Crippen LogP contribution in [-0.4, -0.2) is 26.6 Å². The molecule has 2 aromatic rings. The second-order valence-corrected chi connectivity index (χ2v) is 5.05. The van der Waals surface area contributed by atoms with Gasteiger partial charge in [0, 0.05) is 5.69 Å². The number of benzene rings is 1. The molecule has 1 aromatic carbocycles. The third-order valence-corrected chi connectivity index (χ3v) is 3.28. The van der Waals surface area contributed by atoms with Crippen LogP contribution in [0.3, 0.4) is 0 Å². The van der Waals surface area contributed by atoms with Gasteiger partial charge >= 0.3 is 0 Å². The van der Waals surface area contributed by atoms with Crippen molar-refractivity contribution in [3.05, 3.63) is 35.7 Å². The Bertz CT molecular complexity index is 705. The standard InChI is InChI=1S/C14H15N5O2/c1-8-3-5-10(6-4-8)16-13(21)11-7-12(20)17-14-15-9(2)18-19(11)14/h3-6,11H,7H2,1-2H3,(H,16,21)(H,15,17,18,20)/t11-/m1/s1. The maximum absolute atomic E-state index is 12.4. The predicted octanol–water partition coefficient (Wildman–Crippen LogP) is 1.42. The fourth-order valence-corrected chi connectivity index (χ4v) is 2.24. The van der Waals surface area contributed by atoms with E-state index in [-0.39, 0.29) is 18.2 Å². The van der Waals surface area contributed by atoms with Crippen molar-refractivity contribution in [3.63, 3.8) is 0 Å². The average Bonchev–Trinajstić information content (AvgIpc) is 2.80. The lowest BCUT2D eigenvalue weighted by atomic mass is 10.1. The highest BCUT2D eigenvalue weighted by molar-refractivity contribution is 6.00. The summed E-state index contributed by atoms with van der Waals surface area (Å²) < 4.78 is 1.46. The highest BCUT2D eigenvalue weighted by atomic mass is 16.2. The van der Waals surface area contributed by atoms with Crippen molar-refractivity contribution in [2.45, 2.75) is 26.3 Å². The van der Waals surface area contributed by atoms with Crippen LogP contribution in [0.2, 0.25) is 0 Å². The molecule has 0 bridgehead atoms. The van der Waals surface area contributed by atoms with Crippen LogP contribution in [0, 0.1) is 13.8 Å². The first-order valence-corrected chi connectivity index (χ1v) is 6.63. The number of fused-ring (bicyclic) bond motifs is 1. The third kappa shape index (κ3) is 2.62. The molecule has 21 heavy (non-hydrogen) atoms. The summed E-state index contributed by atoms with van der Waals surface area (Å²) in [6.45, 7) is 3.69. The molecule has 1 aromatic heterocycles. The molecule has 1 atom stereocenters. The monoisotopic (exact) mass is 285 g/mol. The number of nitrogens with zero attached hydrogens (tertiary/aromatic N) is 3. The lowest BCUT2D eigenvalue weighted by Crippen LogP contribution is -2.36. The fourth-order valence-electron chi connectivity index (χ4n) is 2.24. The molecular weight excluding hydrogens is 270 g/mol. The number of aryl methyl sites for hydroxylation is 2. The number of hydrogen-bond acceptors (Lipinski definition) is 4. The minimum absolute atomic E-state index is 0.0491. The Morgan fingerprint density at radius 2 is 2.05 bits per heavy atom. The van der Waals surface area contributed by atoms with E-state index in [0.29, 0.717) is 17.5 Å². The number of carbonyl (C=O) groups excluding carboxylic acids is 2. The van der Waals surface area contributed by atoms with E-state index in [4.69, 9.17) is 0 Å². The predicted molar refractivity (Wildman–Crippen MR) is 76.9 cm³/mol. The van der Waals surface area contributed by atoms with Crippen LogP contribution >= 0.6 is 0 Å². The minimum atomic E-state index is -0.684. The van der Waals surface area contributed by atoms with Gasteiger partial charge < -0.3 is 5.32 Å². The van der Waals surface area contributed by atoms with E-state index < -0.39 is 6.04 Å². The van der Waals surface area contributed by atoms with Crippen LogP contribution in [0.1, 0.15) is 23.9 Å². The molecule has 2 N–H and O–H groups in total. The van der Waals surface area contributed by atoms with E-state index in [9.17, 15) is 9.59 Å². The van der Waals surface area contributed by atoms with Gasteiger partial charge in [0.15, 0.2) is 0 Å². The molecule has 0 fully saturated rings. The van der Waals surface area contributed by atoms with Crippen LogP contribution < -0.4 is 10.6 Å². The van der Waals surface area contributed by atoms with Crippen LogP contribution in [0.25, 0.3) is 0 Å². The van der Waals surface area contributed by atoms with Gasteiger partial charge in [-0.2, -0.15) is 10.1 Å². The van der Waals surface area contributed by atoms with Gasteiger partial charge in [-0.25, -0.2) is 4.68 Å². The Morgan fingerprint density at radius 3 is 2.76 bits per heavy atom. The zero-order valence-corrected chi connectivity index (χ0v) is 11.8. The van der Waals surface area contributed by atoms with E-state index in [2.05, 4.69) is 20.7 Å². The molecule has 0 unspecified atom stereocenters. The van der Waals surface area contributed by atoms with Gasteiger partial charge in [0.2, 0.25) is 17.8 Å². The maximum Gasteiger partial charge on any atom is 0.249 e. The summed E-state index contributed by atoms with van der Waals surface area (Å²) in [5, 5.41) is 9.58. The van der Waals surface area contributed by atoms with Crippen molar-refractivity contribution in [2.24, 2.45) is 0 Å². The zero-order chi connectivity index (χ0) is 15.0. The number of rotatable bonds is 2. The summed E-state index contributed by atoms with van der Waals surface area (Å²) in [7, 11) is 0. The first-order chi connectivity index (χ1) is 10.0. The second kappa shape index (κ2) is 5.01. The lowest BCUT2D eigenvalue weighted by Gasteiger charge is -2.22. The SMILES string of the molecule is Cc1ccc(NC(=O)[C@H]2CC(=O)Nc3nc(C)nn32)cc1. The lowest BCUT2D eigenvalue weighted by molar-refractivity contribution is -0.125. The summed E-state index contributed by atoms with van der Waals surface area (Å²) in [5.41, 5.74) is 1.80. The minimum Gasteiger partial charge on any atom is -0.324 e. The molecule has 2 heterocycles. The highest BCUT2D eigenvalue weighted by Crippen LogP contribution is 2.24. The first-order valence-electron chi connectivity index (χ1n) is 6.63. The van der Waals surface area contributed by atoms with Crippen molar-refractivity contribution in [2.75, 3.05) is 10.6 Å². The third-order valence-electron chi connectivity index (χ3n) is 3.28. The quantitative estimate of drug-likeness (QED) is 0.873. The van der Waals surface area contributed by atoms with Gasteiger partial charge in [0.1, 0.15) is 11.9 Å². The molecular formula is C14H15N5O2. The molecule has 2 amide bonds. The van der Waals surface area contributed by atoms with Gasteiger partial charge in [0.05, 0.1) is 6.42 Å². The van der Waals surface area contributed by atoms with Crippen molar-refractivity contribution in [1.82, 2.24) is 14.8 Å². The van der Waals surface area contributed by atoms with Gasteiger partial charge in [0.25, 0.3) is 0 Å². The molecule has 0 saturated heterocycles. The molecule has 3 rings (SSSR count). The van der Waals surface area contributed by atoms with Gasteiger partial charge in [-0.05, 0) is 26.0 Å². The second-order valence-electron chi connectivity index (χ2n) is 5.05. The number of anilines is 2. The van der Waals surface area contributed by atoms with E-state index >= 15 is 0 Å². The van der Waals surface area contributed by atoms with Crippen molar-refractivity contribution in [1.29, 1.82) is 0 Å². The summed E-state index contributed by atoms with van der Waals surface area (Å²) in [4.78, 5) is 28.2. The summed E-state index contributed by atoms with van der Waals surface area (Å²) in [6.07, 6.45) is 0.0491. The van der Waals surface area contributed by atoms with E-state index in [1.165, 1.54) is 4.68 Å². The van der Waals surface area contributed by atoms with Crippen molar-refractivity contribution < 1.29 is 9.59 Å². The summed E-state index contributed by atoms with van der Waals surface area (Å²) >= 11 is 0. The number of aromatic nitrogens is 3. The van der Waals surface area contributed by atoms with E-state index in [1.807, 2.05) is 31.2 Å². The molecule has 0 spiro atoms. The fraction of sp³-hybridized carbons (Fsp3) is 0.286. The van der Waals surface area contributed by atoms with E-state index in [0.717, 1.165) is 5.56 Å². The Labute approximate surface area is 121 Å².